The monoisotopic (exact) mass is 339 g/mol. The molecule has 0 saturated carbocycles. The van der Waals surface area contributed by atoms with Gasteiger partial charge in [-0.25, -0.2) is 5.43 Å². The molecule has 0 aliphatic rings. The molecule has 0 spiro atoms. The first-order chi connectivity index (χ1) is 12.1. The van der Waals surface area contributed by atoms with Crippen LogP contribution < -0.4 is 15.1 Å². The molecule has 0 bridgehead atoms. The summed E-state index contributed by atoms with van der Waals surface area (Å²) < 4.78 is 5.48. The molecule has 25 heavy (non-hydrogen) atoms. The molecule has 5 nitrogen and oxygen atoms in total. The lowest BCUT2D eigenvalue weighted by Crippen LogP contribution is -2.24. The molecule has 2 rings (SSSR count). The lowest BCUT2D eigenvalue weighted by Gasteiger charge is -2.20. The molecule has 5 heteroatoms. The Labute approximate surface area is 149 Å². The van der Waals surface area contributed by atoms with Crippen LogP contribution in [0.25, 0.3) is 0 Å². The average Bonchev–Trinajstić information content (AvgIpc) is 2.63. The normalized spacial score (nSPS) is 10.7. The van der Waals surface area contributed by atoms with Crippen LogP contribution in [0, 0.1) is 6.92 Å². The highest BCUT2D eigenvalue weighted by Crippen LogP contribution is 2.16. The summed E-state index contributed by atoms with van der Waals surface area (Å²) in [6, 6.07) is 15.6. The number of ether oxygens (including phenoxy) is 1. The van der Waals surface area contributed by atoms with Crippen LogP contribution in [0.3, 0.4) is 0 Å². The fourth-order valence-corrected chi connectivity index (χ4v) is 2.43. The number of benzene rings is 2. The van der Waals surface area contributed by atoms with Gasteiger partial charge in [0.25, 0.3) is 5.91 Å². The molecule has 132 valence electrons. The first-order valence-electron chi connectivity index (χ1n) is 8.49. The van der Waals surface area contributed by atoms with Gasteiger partial charge >= 0.3 is 0 Å². The van der Waals surface area contributed by atoms with E-state index in [0.29, 0.717) is 5.75 Å². The van der Waals surface area contributed by atoms with Crippen LogP contribution in [-0.4, -0.2) is 31.8 Å². The van der Waals surface area contributed by atoms with Gasteiger partial charge in [-0.05, 0) is 50.1 Å². The maximum Gasteiger partial charge on any atom is 0.277 e. The number of carbonyl (C=O) groups excluding carboxylic acids is 1. The van der Waals surface area contributed by atoms with E-state index in [0.717, 1.165) is 24.2 Å². The molecule has 0 saturated heterocycles. The van der Waals surface area contributed by atoms with Crippen LogP contribution in [0.2, 0.25) is 0 Å². The van der Waals surface area contributed by atoms with E-state index in [2.05, 4.69) is 41.4 Å². The van der Waals surface area contributed by atoms with E-state index < -0.39 is 0 Å². The highest BCUT2D eigenvalue weighted by atomic mass is 16.5. The average molecular weight is 339 g/mol. The molecule has 0 fully saturated rings. The summed E-state index contributed by atoms with van der Waals surface area (Å²) in [5.74, 6) is 0.410. The van der Waals surface area contributed by atoms with Crippen LogP contribution >= 0.6 is 0 Å². The van der Waals surface area contributed by atoms with E-state index in [1.54, 1.807) is 6.21 Å². The van der Waals surface area contributed by atoms with Crippen molar-refractivity contribution in [2.24, 2.45) is 5.10 Å². The Morgan fingerprint density at radius 1 is 1.12 bits per heavy atom. The fourth-order valence-electron chi connectivity index (χ4n) is 2.43. The second-order valence-corrected chi connectivity index (χ2v) is 5.61. The quantitative estimate of drug-likeness (QED) is 0.593. The van der Waals surface area contributed by atoms with E-state index in [9.17, 15) is 4.79 Å². The number of carbonyl (C=O) groups is 1. The minimum Gasteiger partial charge on any atom is -0.483 e. The van der Waals surface area contributed by atoms with Crippen molar-refractivity contribution >= 4 is 17.8 Å². The van der Waals surface area contributed by atoms with Crippen molar-refractivity contribution in [1.82, 2.24) is 5.43 Å². The Kier molecular flexibility index (Phi) is 7.01. The second-order valence-electron chi connectivity index (χ2n) is 5.61. The molecule has 2 aromatic carbocycles. The maximum atomic E-state index is 11.8. The zero-order valence-electron chi connectivity index (χ0n) is 15.0. The first kappa shape index (κ1) is 18.5. The summed E-state index contributed by atoms with van der Waals surface area (Å²) in [4.78, 5) is 14.1. The number of nitrogens with zero attached hydrogens (tertiary/aromatic N) is 2. The standard InChI is InChI=1S/C20H25N3O2/c1-4-23(5-2)18-12-10-17(11-13-18)14-21-22-20(24)15-25-19-9-7-6-8-16(19)3/h6-14H,4-5,15H2,1-3H3,(H,22,24). The molecule has 0 unspecified atom stereocenters. The minimum atomic E-state index is -0.292. The molecule has 0 aliphatic carbocycles. The largest absolute Gasteiger partial charge is 0.483 e. The van der Waals surface area contributed by atoms with Crippen molar-refractivity contribution in [1.29, 1.82) is 0 Å². The number of hydrogen-bond donors (Lipinski definition) is 1. The molecule has 2 aromatic rings. The van der Waals surface area contributed by atoms with E-state index in [4.69, 9.17) is 4.74 Å². The number of hydrogen-bond acceptors (Lipinski definition) is 4. The summed E-state index contributed by atoms with van der Waals surface area (Å²) in [5, 5.41) is 3.97. The van der Waals surface area contributed by atoms with Gasteiger partial charge in [0.15, 0.2) is 6.61 Å². The van der Waals surface area contributed by atoms with E-state index in [1.165, 1.54) is 5.69 Å². The molecule has 1 N–H and O–H groups in total. The van der Waals surface area contributed by atoms with Crippen molar-refractivity contribution in [3.8, 4) is 5.75 Å². The van der Waals surface area contributed by atoms with Crippen molar-refractivity contribution in [2.75, 3.05) is 24.6 Å². The fraction of sp³-hybridized carbons (Fsp3) is 0.300. The Morgan fingerprint density at radius 3 is 2.44 bits per heavy atom. The highest BCUT2D eigenvalue weighted by Gasteiger charge is 2.03. The number of nitrogens with one attached hydrogen (secondary N) is 1. The zero-order valence-corrected chi connectivity index (χ0v) is 15.0. The van der Waals surface area contributed by atoms with E-state index >= 15 is 0 Å². The van der Waals surface area contributed by atoms with Gasteiger partial charge in [0.1, 0.15) is 5.75 Å². The molecule has 0 heterocycles. The van der Waals surface area contributed by atoms with Crippen LogP contribution in [-0.2, 0) is 4.79 Å². The highest BCUT2D eigenvalue weighted by molar-refractivity contribution is 5.83. The molecule has 0 atom stereocenters. The van der Waals surface area contributed by atoms with Crippen LogP contribution in [0.1, 0.15) is 25.0 Å². The summed E-state index contributed by atoms with van der Waals surface area (Å²) >= 11 is 0. The van der Waals surface area contributed by atoms with Gasteiger partial charge in [-0.2, -0.15) is 5.10 Å². The summed E-state index contributed by atoms with van der Waals surface area (Å²) in [6.45, 7) is 8.08. The topological polar surface area (TPSA) is 53.9 Å². The minimum absolute atomic E-state index is 0.0664. The smallest absolute Gasteiger partial charge is 0.277 e. The van der Waals surface area contributed by atoms with Crippen molar-refractivity contribution in [3.63, 3.8) is 0 Å². The maximum absolute atomic E-state index is 11.8. The van der Waals surface area contributed by atoms with E-state index in [-0.39, 0.29) is 12.5 Å². The Bertz CT molecular complexity index is 707. The van der Waals surface area contributed by atoms with Gasteiger partial charge in [0.2, 0.25) is 0 Å². The SMILES string of the molecule is CCN(CC)c1ccc(C=NNC(=O)COc2ccccc2C)cc1. The number of hydrazone groups is 1. The molecule has 0 aliphatic heterocycles. The molecule has 1 amide bonds. The zero-order chi connectivity index (χ0) is 18.1. The van der Waals surface area contributed by atoms with Crippen LogP contribution in [0.5, 0.6) is 5.75 Å². The lowest BCUT2D eigenvalue weighted by molar-refractivity contribution is -0.123. The van der Waals surface area contributed by atoms with Crippen molar-refractivity contribution < 1.29 is 9.53 Å². The molecular weight excluding hydrogens is 314 g/mol. The summed E-state index contributed by atoms with van der Waals surface area (Å²) in [5.41, 5.74) is 5.57. The number of para-hydroxylation sites is 1. The Balaban J connectivity index is 1.82. The van der Waals surface area contributed by atoms with Gasteiger partial charge < -0.3 is 9.64 Å². The third-order valence-electron chi connectivity index (χ3n) is 3.88. The predicted molar refractivity (Wildman–Crippen MR) is 102 cm³/mol. The number of rotatable bonds is 8. The lowest BCUT2D eigenvalue weighted by atomic mass is 10.2. The van der Waals surface area contributed by atoms with Crippen LogP contribution in [0.4, 0.5) is 5.69 Å². The number of anilines is 1. The summed E-state index contributed by atoms with van der Waals surface area (Å²) in [7, 11) is 0. The third-order valence-corrected chi connectivity index (χ3v) is 3.88. The number of amides is 1. The van der Waals surface area contributed by atoms with Gasteiger partial charge in [-0.3, -0.25) is 4.79 Å². The third kappa shape index (κ3) is 5.64. The van der Waals surface area contributed by atoms with Gasteiger partial charge in [-0.15, -0.1) is 0 Å². The van der Waals surface area contributed by atoms with Gasteiger partial charge in [-0.1, -0.05) is 30.3 Å². The Hall–Kier alpha value is -2.82. The summed E-state index contributed by atoms with van der Waals surface area (Å²) in [6.07, 6.45) is 1.62. The van der Waals surface area contributed by atoms with Crippen molar-refractivity contribution in [3.05, 3.63) is 59.7 Å². The van der Waals surface area contributed by atoms with Gasteiger partial charge in [0, 0.05) is 18.8 Å². The number of aryl methyl sites for hydroxylation is 1. The van der Waals surface area contributed by atoms with E-state index in [1.807, 2.05) is 43.3 Å². The van der Waals surface area contributed by atoms with Crippen LogP contribution in [0.15, 0.2) is 53.6 Å². The molecule has 0 aromatic heterocycles. The predicted octanol–water partition coefficient (Wildman–Crippen LogP) is 3.37. The first-order valence-corrected chi connectivity index (χ1v) is 8.49. The van der Waals surface area contributed by atoms with Gasteiger partial charge in [0.05, 0.1) is 6.21 Å². The second kappa shape index (κ2) is 9.47. The van der Waals surface area contributed by atoms with Crippen molar-refractivity contribution in [2.45, 2.75) is 20.8 Å². The molecular formula is C20H25N3O2. The Morgan fingerprint density at radius 2 is 1.80 bits per heavy atom. The molecule has 0 radical (unpaired) electrons.